The zero-order valence-electron chi connectivity index (χ0n) is 6.13. The minimum absolute atomic E-state index is 0. The maximum atomic E-state index is 5.39. The molecule has 0 radical (unpaired) electrons. The van der Waals surface area contributed by atoms with E-state index < -0.39 is 0 Å². The second-order valence-electron chi connectivity index (χ2n) is 2.96. The van der Waals surface area contributed by atoms with E-state index in [0.717, 1.165) is 24.3 Å². The quantitative estimate of drug-likeness (QED) is 0.635. The molecular weight excluding hydrogens is 134 g/mol. The summed E-state index contributed by atoms with van der Waals surface area (Å²) in [7, 11) is 0. The van der Waals surface area contributed by atoms with Crippen LogP contribution in [0.25, 0.3) is 0 Å². The van der Waals surface area contributed by atoms with Crippen molar-refractivity contribution in [3.8, 4) is 0 Å². The second-order valence-corrected chi connectivity index (χ2v) is 2.96. The number of nitrogens with two attached hydrogens (primary N) is 1. The van der Waals surface area contributed by atoms with Gasteiger partial charge in [-0.3, -0.25) is 0 Å². The van der Waals surface area contributed by atoms with Gasteiger partial charge in [0.2, 0.25) is 0 Å². The lowest BCUT2D eigenvalue weighted by Crippen LogP contribution is -1.99. The highest BCUT2D eigenvalue weighted by atomic mass is 35.5. The molecule has 1 saturated carbocycles. The van der Waals surface area contributed by atoms with Crippen molar-refractivity contribution in [3.63, 3.8) is 0 Å². The van der Waals surface area contributed by atoms with Gasteiger partial charge in [0, 0.05) is 0 Å². The Hall–Kier alpha value is 0.250. The smallest absolute Gasteiger partial charge is 0.00744 e. The van der Waals surface area contributed by atoms with Gasteiger partial charge in [0.25, 0.3) is 0 Å². The van der Waals surface area contributed by atoms with Crippen LogP contribution >= 0.6 is 12.4 Å². The topological polar surface area (TPSA) is 26.0 Å². The summed E-state index contributed by atoms with van der Waals surface area (Å²) in [5.74, 6) is 2.87. The van der Waals surface area contributed by atoms with Crippen LogP contribution in [0.15, 0.2) is 0 Å². The van der Waals surface area contributed by atoms with Crippen molar-refractivity contribution in [2.45, 2.75) is 20.3 Å². The Bertz CT molecular complexity index is 77.0. The Morgan fingerprint density at radius 1 is 1.22 bits per heavy atom. The molecule has 1 rings (SSSR count). The van der Waals surface area contributed by atoms with Crippen molar-refractivity contribution in [1.29, 1.82) is 0 Å². The van der Waals surface area contributed by atoms with Crippen LogP contribution in [0, 0.1) is 17.8 Å². The summed E-state index contributed by atoms with van der Waals surface area (Å²) in [4.78, 5) is 0. The normalized spacial score (nSPS) is 39.7. The molecule has 9 heavy (non-hydrogen) atoms. The third kappa shape index (κ3) is 1.84. The molecule has 56 valence electrons. The van der Waals surface area contributed by atoms with Gasteiger partial charge in [-0.25, -0.2) is 0 Å². The minimum atomic E-state index is 0. The van der Waals surface area contributed by atoms with Crippen molar-refractivity contribution in [3.05, 3.63) is 0 Å². The van der Waals surface area contributed by atoms with E-state index >= 15 is 0 Å². The predicted molar refractivity (Wildman–Crippen MR) is 42.7 cm³/mol. The van der Waals surface area contributed by atoms with E-state index in [4.69, 9.17) is 5.73 Å². The van der Waals surface area contributed by atoms with E-state index in [9.17, 15) is 0 Å². The Balaban J connectivity index is 0.000000640. The van der Waals surface area contributed by atoms with Crippen molar-refractivity contribution >= 4 is 12.4 Å². The molecule has 0 aromatic rings. The molecule has 0 bridgehead atoms. The van der Waals surface area contributed by atoms with Crippen LogP contribution < -0.4 is 5.73 Å². The van der Waals surface area contributed by atoms with Crippen molar-refractivity contribution in [2.75, 3.05) is 6.54 Å². The van der Waals surface area contributed by atoms with Gasteiger partial charge in [0.15, 0.2) is 0 Å². The molecule has 1 aliphatic rings. The highest BCUT2D eigenvalue weighted by Gasteiger charge is 2.41. The Kier molecular flexibility index (Phi) is 3.52. The summed E-state index contributed by atoms with van der Waals surface area (Å²) in [6, 6.07) is 0. The molecule has 0 aromatic carbocycles. The SMILES string of the molecule is C[C@H]1C(CCN)[C@@H]1C.Cl. The third-order valence-corrected chi connectivity index (χ3v) is 2.54. The molecule has 1 fully saturated rings. The number of hydrogen-bond acceptors (Lipinski definition) is 1. The molecular formula is C7H16ClN. The van der Waals surface area contributed by atoms with Crippen LogP contribution in [0.3, 0.4) is 0 Å². The Morgan fingerprint density at radius 3 is 1.78 bits per heavy atom. The largest absolute Gasteiger partial charge is 0.330 e. The maximum Gasteiger partial charge on any atom is -0.00744 e. The fourth-order valence-corrected chi connectivity index (χ4v) is 1.48. The van der Waals surface area contributed by atoms with Crippen molar-refractivity contribution in [1.82, 2.24) is 0 Å². The number of halogens is 1. The Labute approximate surface area is 63.4 Å². The average Bonchev–Trinajstić information content (AvgIpc) is 2.25. The lowest BCUT2D eigenvalue weighted by atomic mass is 10.2. The lowest BCUT2D eigenvalue weighted by molar-refractivity contribution is 0.667. The highest BCUT2D eigenvalue weighted by Crippen LogP contribution is 2.47. The molecule has 2 atom stereocenters. The van der Waals surface area contributed by atoms with Crippen LogP contribution in [-0.2, 0) is 0 Å². The number of rotatable bonds is 2. The highest BCUT2D eigenvalue weighted by molar-refractivity contribution is 5.85. The molecule has 2 heteroatoms. The molecule has 0 heterocycles. The Morgan fingerprint density at radius 2 is 1.67 bits per heavy atom. The molecule has 1 aliphatic carbocycles. The van der Waals surface area contributed by atoms with Gasteiger partial charge in [-0.1, -0.05) is 13.8 Å². The van der Waals surface area contributed by atoms with E-state index in [2.05, 4.69) is 13.8 Å². The van der Waals surface area contributed by atoms with Gasteiger partial charge in [0.1, 0.15) is 0 Å². The van der Waals surface area contributed by atoms with E-state index in [-0.39, 0.29) is 12.4 Å². The van der Waals surface area contributed by atoms with E-state index in [0.29, 0.717) is 0 Å². The second kappa shape index (κ2) is 3.43. The maximum absolute atomic E-state index is 5.39. The van der Waals surface area contributed by atoms with Gasteiger partial charge in [-0.15, -0.1) is 12.4 Å². The van der Waals surface area contributed by atoms with Gasteiger partial charge < -0.3 is 5.73 Å². The minimum Gasteiger partial charge on any atom is -0.330 e. The molecule has 2 N–H and O–H groups in total. The van der Waals surface area contributed by atoms with Gasteiger partial charge >= 0.3 is 0 Å². The van der Waals surface area contributed by atoms with Crippen LogP contribution in [0.2, 0.25) is 0 Å². The van der Waals surface area contributed by atoms with E-state index in [1.54, 1.807) is 0 Å². The first kappa shape index (κ1) is 9.25. The van der Waals surface area contributed by atoms with Gasteiger partial charge in [-0.05, 0) is 30.7 Å². The van der Waals surface area contributed by atoms with Crippen LogP contribution in [0.4, 0.5) is 0 Å². The molecule has 0 amide bonds. The summed E-state index contributed by atoms with van der Waals surface area (Å²) in [5, 5.41) is 0. The first-order chi connectivity index (χ1) is 3.77. The molecule has 0 aliphatic heterocycles. The average molecular weight is 150 g/mol. The fourth-order valence-electron chi connectivity index (χ4n) is 1.48. The fraction of sp³-hybridized carbons (Fsp3) is 1.00. The zero-order valence-corrected chi connectivity index (χ0v) is 6.95. The number of hydrogen-bond donors (Lipinski definition) is 1. The van der Waals surface area contributed by atoms with Gasteiger partial charge in [-0.2, -0.15) is 0 Å². The van der Waals surface area contributed by atoms with Crippen LogP contribution in [0.5, 0.6) is 0 Å². The molecule has 0 unspecified atom stereocenters. The molecule has 0 spiro atoms. The predicted octanol–water partition coefficient (Wildman–Crippen LogP) is 1.66. The molecule has 1 nitrogen and oxygen atoms in total. The van der Waals surface area contributed by atoms with Gasteiger partial charge in [0.05, 0.1) is 0 Å². The lowest BCUT2D eigenvalue weighted by Gasteiger charge is -1.88. The summed E-state index contributed by atoms with van der Waals surface area (Å²) < 4.78 is 0. The first-order valence-electron chi connectivity index (χ1n) is 3.47. The van der Waals surface area contributed by atoms with Crippen LogP contribution in [0.1, 0.15) is 20.3 Å². The van der Waals surface area contributed by atoms with Crippen molar-refractivity contribution < 1.29 is 0 Å². The molecule has 0 saturated heterocycles. The monoisotopic (exact) mass is 149 g/mol. The van der Waals surface area contributed by atoms with Crippen molar-refractivity contribution in [2.24, 2.45) is 23.5 Å². The first-order valence-corrected chi connectivity index (χ1v) is 3.47. The summed E-state index contributed by atoms with van der Waals surface area (Å²) in [6.45, 7) is 5.50. The molecule has 0 aromatic heterocycles. The standard InChI is InChI=1S/C7H15N.ClH/c1-5-6(2)7(5)3-4-8;/h5-7H,3-4,8H2,1-2H3;1H/t5-,6-;/m1./s1. The van der Waals surface area contributed by atoms with Crippen LogP contribution in [-0.4, -0.2) is 6.54 Å². The van der Waals surface area contributed by atoms with E-state index in [1.165, 1.54) is 6.42 Å². The third-order valence-electron chi connectivity index (χ3n) is 2.54. The summed E-state index contributed by atoms with van der Waals surface area (Å²) in [5.41, 5.74) is 5.39. The van der Waals surface area contributed by atoms with E-state index in [1.807, 2.05) is 0 Å². The summed E-state index contributed by atoms with van der Waals surface area (Å²) in [6.07, 6.45) is 1.24. The zero-order chi connectivity index (χ0) is 6.15. The summed E-state index contributed by atoms with van der Waals surface area (Å²) >= 11 is 0.